The van der Waals surface area contributed by atoms with Crippen molar-refractivity contribution >= 4 is 22.5 Å². The first-order valence-corrected chi connectivity index (χ1v) is 7.39. The minimum atomic E-state index is -0.425. The van der Waals surface area contributed by atoms with Gasteiger partial charge < -0.3 is 16.0 Å². The fourth-order valence-corrected chi connectivity index (χ4v) is 3.67. The lowest BCUT2D eigenvalue weighted by atomic mass is 10.1. The van der Waals surface area contributed by atoms with Crippen LogP contribution in [0.3, 0.4) is 0 Å². The van der Waals surface area contributed by atoms with Crippen molar-refractivity contribution in [1.82, 2.24) is 15.1 Å². The molecule has 0 unspecified atom stereocenters. The van der Waals surface area contributed by atoms with E-state index in [-0.39, 0.29) is 0 Å². The van der Waals surface area contributed by atoms with Gasteiger partial charge in [0.15, 0.2) is 0 Å². The second-order valence-corrected chi connectivity index (χ2v) is 6.10. The summed E-state index contributed by atoms with van der Waals surface area (Å²) in [7, 11) is 1.87. The highest BCUT2D eigenvalue weighted by atomic mass is 16.1. The molecular weight excluding hydrogens is 266 g/mol. The van der Waals surface area contributed by atoms with Crippen LogP contribution in [0, 0.1) is 0 Å². The zero-order valence-corrected chi connectivity index (χ0v) is 12.0. The molecule has 2 fully saturated rings. The summed E-state index contributed by atoms with van der Waals surface area (Å²) in [5, 5.41) is 9.06. The first kappa shape index (κ1) is 12.6. The average molecular weight is 285 g/mol. The Kier molecular flexibility index (Phi) is 2.68. The molecule has 2 bridgehead atoms. The molecule has 1 aromatic heterocycles. The number of piperazine rings is 1. The van der Waals surface area contributed by atoms with Gasteiger partial charge >= 0.3 is 0 Å². The van der Waals surface area contributed by atoms with Gasteiger partial charge in [-0.15, -0.1) is 0 Å². The first-order valence-electron chi connectivity index (χ1n) is 7.39. The SMILES string of the molecule is Cn1cc2c(N3C[C@H]4CC[C@@H](C3)N4)ccc(C(N)=O)c2n1. The monoisotopic (exact) mass is 285 g/mol. The summed E-state index contributed by atoms with van der Waals surface area (Å²) < 4.78 is 1.75. The van der Waals surface area contributed by atoms with Gasteiger partial charge in [0.05, 0.1) is 5.56 Å². The van der Waals surface area contributed by atoms with E-state index in [2.05, 4.69) is 15.3 Å². The Hall–Kier alpha value is -2.08. The Labute approximate surface area is 122 Å². The van der Waals surface area contributed by atoms with Gasteiger partial charge in [0, 0.05) is 49.5 Å². The second-order valence-electron chi connectivity index (χ2n) is 6.10. The average Bonchev–Trinajstić information content (AvgIpc) is 2.99. The van der Waals surface area contributed by atoms with Gasteiger partial charge in [0.25, 0.3) is 5.91 Å². The van der Waals surface area contributed by atoms with Crippen molar-refractivity contribution in [2.75, 3.05) is 18.0 Å². The maximum Gasteiger partial charge on any atom is 0.250 e. The van der Waals surface area contributed by atoms with Crippen LogP contribution in [0.25, 0.3) is 10.9 Å². The molecule has 110 valence electrons. The number of anilines is 1. The van der Waals surface area contributed by atoms with E-state index in [1.165, 1.54) is 12.8 Å². The van der Waals surface area contributed by atoms with E-state index in [0.29, 0.717) is 23.2 Å². The van der Waals surface area contributed by atoms with Gasteiger partial charge in [-0.2, -0.15) is 5.10 Å². The van der Waals surface area contributed by atoms with Crippen molar-refractivity contribution in [3.05, 3.63) is 23.9 Å². The Morgan fingerprint density at radius 2 is 2.05 bits per heavy atom. The third-order valence-electron chi connectivity index (χ3n) is 4.59. The number of carbonyl (C=O) groups excluding carboxylic acids is 1. The van der Waals surface area contributed by atoms with Crippen LogP contribution in [0.1, 0.15) is 23.2 Å². The summed E-state index contributed by atoms with van der Waals surface area (Å²) in [6, 6.07) is 4.96. The molecular formula is C15H19N5O. The summed E-state index contributed by atoms with van der Waals surface area (Å²) in [6.45, 7) is 2.02. The molecule has 2 aliphatic rings. The number of hydrogen-bond donors (Lipinski definition) is 2. The Balaban J connectivity index is 1.82. The van der Waals surface area contributed by atoms with E-state index < -0.39 is 5.91 Å². The number of nitrogens with zero attached hydrogens (tertiary/aromatic N) is 3. The molecule has 2 saturated heterocycles. The van der Waals surface area contributed by atoms with Crippen molar-refractivity contribution < 1.29 is 4.79 Å². The number of amides is 1. The molecule has 3 N–H and O–H groups in total. The van der Waals surface area contributed by atoms with Crippen LogP contribution in [-0.2, 0) is 7.05 Å². The quantitative estimate of drug-likeness (QED) is 0.848. The van der Waals surface area contributed by atoms with E-state index in [1.807, 2.05) is 19.3 Å². The number of primary amides is 1. The molecule has 0 radical (unpaired) electrons. The Bertz CT molecular complexity index is 710. The van der Waals surface area contributed by atoms with Crippen LogP contribution in [0.4, 0.5) is 5.69 Å². The maximum atomic E-state index is 11.6. The molecule has 0 aliphatic carbocycles. The molecule has 2 aromatic rings. The normalized spacial score (nSPS) is 24.7. The third kappa shape index (κ3) is 1.98. The number of hydrogen-bond acceptors (Lipinski definition) is 4. The maximum absolute atomic E-state index is 11.6. The molecule has 1 aromatic carbocycles. The standard InChI is InChI=1S/C15H19N5O/c1-19-8-12-13(5-4-11(15(16)21)14(12)18-19)20-6-9-2-3-10(7-20)17-9/h4-5,8-10,17H,2-3,6-7H2,1H3,(H2,16,21)/t9-,10+. The summed E-state index contributed by atoms with van der Waals surface area (Å²) in [5.74, 6) is -0.425. The number of aromatic nitrogens is 2. The van der Waals surface area contributed by atoms with Crippen LogP contribution in [0.15, 0.2) is 18.3 Å². The van der Waals surface area contributed by atoms with Crippen molar-refractivity contribution in [3.63, 3.8) is 0 Å². The largest absolute Gasteiger partial charge is 0.368 e. The second kappa shape index (κ2) is 4.46. The van der Waals surface area contributed by atoms with Crippen LogP contribution in [-0.4, -0.2) is 40.9 Å². The topological polar surface area (TPSA) is 76.2 Å². The predicted molar refractivity (Wildman–Crippen MR) is 81.4 cm³/mol. The highest BCUT2D eigenvalue weighted by molar-refractivity contribution is 6.08. The fraction of sp³-hybridized carbons (Fsp3) is 0.467. The molecule has 6 heteroatoms. The number of benzene rings is 1. The van der Waals surface area contributed by atoms with Crippen LogP contribution < -0.4 is 16.0 Å². The zero-order valence-electron chi connectivity index (χ0n) is 12.0. The van der Waals surface area contributed by atoms with E-state index in [4.69, 9.17) is 5.73 Å². The van der Waals surface area contributed by atoms with E-state index in [9.17, 15) is 4.79 Å². The van der Waals surface area contributed by atoms with Gasteiger partial charge in [-0.05, 0) is 25.0 Å². The van der Waals surface area contributed by atoms with Gasteiger partial charge in [-0.1, -0.05) is 0 Å². The highest BCUT2D eigenvalue weighted by Crippen LogP contribution is 2.32. The van der Waals surface area contributed by atoms with Crippen LogP contribution in [0.2, 0.25) is 0 Å². The number of nitrogens with one attached hydrogen (secondary N) is 1. The highest BCUT2D eigenvalue weighted by Gasteiger charge is 2.33. The Morgan fingerprint density at radius 1 is 1.33 bits per heavy atom. The van der Waals surface area contributed by atoms with Crippen LogP contribution in [0.5, 0.6) is 0 Å². The van der Waals surface area contributed by atoms with Gasteiger partial charge in [0.1, 0.15) is 5.52 Å². The fourth-order valence-electron chi connectivity index (χ4n) is 3.67. The van der Waals surface area contributed by atoms with E-state index in [0.717, 1.165) is 24.2 Å². The smallest absolute Gasteiger partial charge is 0.250 e. The summed E-state index contributed by atoms with van der Waals surface area (Å²) in [4.78, 5) is 14.0. The van der Waals surface area contributed by atoms with Gasteiger partial charge in [-0.25, -0.2) is 0 Å². The van der Waals surface area contributed by atoms with Gasteiger partial charge in [-0.3, -0.25) is 9.48 Å². The molecule has 2 atom stereocenters. The number of rotatable bonds is 2. The zero-order chi connectivity index (χ0) is 14.6. The lowest BCUT2D eigenvalue weighted by Crippen LogP contribution is -2.51. The molecule has 1 amide bonds. The van der Waals surface area contributed by atoms with Crippen molar-refractivity contribution in [3.8, 4) is 0 Å². The molecule has 4 rings (SSSR count). The molecule has 0 saturated carbocycles. The Morgan fingerprint density at radius 3 is 2.71 bits per heavy atom. The number of nitrogens with two attached hydrogens (primary N) is 1. The van der Waals surface area contributed by atoms with Crippen molar-refractivity contribution in [2.24, 2.45) is 12.8 Å². The molecule has 6 nitrogen and oxygen atoms in total. The van der Waals surface area contributed by atoms with Crippen LogP contribution >= 0.6 is 0 Å². The molecule has 2 aliphatic heterocycles. The number of aryl methyl sites for hydroxylation is 1. The molecule has 0 spiro atoms. The minimum Gasteiger partial charge on any atom is -0.368 e. The third-order valence-corrected chi connectivity index (χ3v) is 4.59. The van der Waals surface area contributed by atoms with Crippen molar-refractivity contribution in [2.45, 2.75) is 24.9 Å². The van der Waals surface area contributed by atoms with E-state index in [1.54, 1.807) is 10.7 Å². The van der Waals surface area contributed by atoms with Gasteiger partial charge in [0.2, 0.25) is 0 Å². The summed E-state index contributed by atoms with van der Waals surface area (Å²) in [5.41, 5.74) is 7.81. The lowest BCUT2D eigenvalue weighted by molar-refractivity contribution is 0.100. The summed E-state index contributed by atoms with van der Waals surface area (Å²) >= 11 is 0. The minimum absolute atomic E-state index is 0.425. The lowest BCUT2D eigenvalue weighted by Gasteiger charge is -2.35. The number of carbonyl (C=O) groups is 1. The first-order chi connectivity index (χ1) is 10.1. The summed E-state index contributed by atoms with van der Waals surface area (Å²) in [6.07, 6.45) is 4.47. The van der Waals surface area contributed by atoms with E-state index >= 15 is 0 Å². The molecule has 21 heavy (non-hydrogen) atoms. The van der Waals surface area contributed by atoms with Crippen molar-refractivity contribution in [1.29, 1.82) is 0 Å². The molecule has 3 heterocycles. The number of fused-ring (bicyclic) bond motifs is 3. The predicted octanol–water partition coefficient (Wildman–Crippen LogP) is 0.613.